The van der Waals surface area contributed by atoms with E-state index in [1.165, 1.54) is 19.2 Å². The maximum Gasteiger partial charge on any atom is 0.177 e. The smallest absolute Gasteiger partial charge is 0.177 e. The van der Waals surface area contributed by atoms with Gasteiger partial charge in [0, 0.05) is 5.56 Å². The van der Waals surface area contributed by atoms with Crippen molar-refractivity contribution < 1.29 is 9.53 Å². The minimum Gasteiger partial charge on any atom is -0.494 e. The lowest BCUT2D eigenvalue weighted by atomic mass is 10.1. The van der Waals surface area contributed by atoms with Gasteiger partial charge in [-0.05, 0) is 12.1 Å². The zero-order valence-electron chi connectivity index (χ0n) is 7.31. The van der Waals surface area contributed by atoms with Gasteiger partial charge in [-0.2, -0.15) is 0 Å². The number of rotatable bonds is 3. The van der Waals surface area contributed by atoms with Gasteiger partial charge in [-0.3, -0.25) is 4.79 Å². The molecule has 1 aromatic rings. The van der Waals surface area contributed by atoms with Gasteiger partial charge in [-0.25, -0.2) is 0 Å². The number of hydrogen-bond donors (Lipinski definition) is 0. The number of alkyl halides is 1. The SMILES string of the molecule is COc1c(Cl)cc(C(=O)CCl)cc1Cl. The Morgan fingerprint density at radius 2 is 1.86 bits per heavy atom. The first kappa shape index (κ1) is 11.6. The summed E-state index contributed by atoms with van der Waals surface area (Å²) in [5.41, 5.74) is 0.385. The standard InChI is InChI=1S/C9H7Cl3O2/c1-14-9-6(11)2-5(3-7(9)12)8(13)4-10/h2-3H,4H2,1H3. The molecule has 0 amide bonds. The van der Waals surface area contributed by atoms with Crippen molar-refractivity contribution in [1.82, 2.24) is 0 Å². The van der Waals surface area contributed by atoms with Crippen molar-refractivity contribution in [3.05, 3.63) is 27.7 Å². The van der Waals surface area contributed by atoms with E-state index in [4.69, 9.17) is 39.5 Å². The molecular weight excluding hydrogens is 246 g/mol. The maximum atomic E-state index is 11.2. The quantitative estimate of drug-likeness (QED) is 0.609. The largest absolute Gasteiger partial charge is 0.494 e. The molecule has 0 saturated carbocycles. The molecule has 0 heterocycles. The average molecular weight is 254 g/mol. The summed E-state index contributed by atoms with van der Waals surface area (Å²) < 4.78 is 4.94. The van der Waals surface area contributed by atoms with E-state index < -0.39 is 0 Å². The van der Waals surface area contributed by atoms with Gasteiger partial charge < -0.3 is 4.74 Å². The van der Waals surface area contributed by atoms with Crippen LogP contribution < -0.4 is 4.74 Å². The van der Waals surface area contributed by atoms with Gasteiger partial charge in [0.15, 0.2) is 11.5 Å². The maximum absolute atomic E-state index is 11.2. The van der Waals surface area contributed by atoms with E-state index in [0.29, 0.717) is 21.4 Å². The van der Waals surface area contributed by atoms with E-state index in [1.807, 2.05) is 0 Å². The third-order valence-corrected chi connectivity index (χ3v) is 2.45. The molecule has 0 bridgehead atoms. The molecule has 0 unspecified atom stereocenters. The third-order valence-electron chi connectivity index (χ3n) is 1.65. The Bertz CT molecular complexity index is 340. The van der Waals surface area contributed by atoms with Gasteiger partial charge in [0.05, 0.1) is 23.0 Å². The number of methoxy groups -OCH3 is 1. The molecule has 0 aliphatic carbocycles. The molecular formula is C9H7Cl3O2. The summed E-state index contributed by atoms with van der Waals surface area (Å²) in [6, 6.07) is 2.97. The molecule has 2 nitrogen and oxygen atoms in total. The van der Waals surface area contributed by atoms with Crippen molar-refractivity contribution in [1.29, 1.82) is 0 Å². The van der Waals surface area contributed by atoms with Gasteiger partial charge in [0.1, 0.15) is 0 Å². The van der Waals surface area contributed by atoms with Crippen molar-refractivity contribution >= 4 is 40.6 Å². The van der Waals surface area contributed by atoms with E-state index in [0.717, 1.165) is 0 Å². The highest BCUT2D eigenvalue weighted by Crippen LogP contribution is 2.33. The fraction of sp³-hybridized carbons (Fsp3) is 0.222. The molecule has 0 saturated heterocycles. The molecule has 0 N–H and O–H groups in total. The minimum atomic E-state index is -0.224. The Morgan fingerprint density at radius 1 is 1.36 bits per heavy atom. The number of benzene rings is 1. The third kappa shape index (κ3) is 2.32. The van der Waals surface area contributed by atoms with Crippen LogP contribution in [0.2, 0.25) is 10.0 Å². The first-order valence-electron chi connectivity index (χ1n) is 3.72. The van der Waals surface area contributed by atoms with Crippen LogP contribution in [0.5, 0.6) is 5.75 Å². The van der Waals surface area contributed by atoms with E-state index in [9.17, 15) is 4.79 Å². The summed E-state index contributed by atoms with van der Waals surface area (Å²) >= 11 is 17.1. The number of carbonyl (C=O) groups excluding carboxylic acids is 1. The van der Waals surface area contributed by atoms with Crippen LogP contribution in [0.3, 0.4) is 0 Å². The first-order chi connectivity index (χ1) is 6.60. The predicted octanol–water partition coefficient (Wildman–Crippen LogP) is 3.42. The summed E-state index contributed by atoms with van der Waals surface area (Å²) in [5.74, 6) is 0.0384. The van der Waals surface area contributed by atoms with Crippen molar-refractivity contribution in [3.63, 3.8) is 0 Å². The highest BCUT2D eigenvalue weighted by Gasteiger charge is 2.12. The highest BCUT2D eigenvalue weighted by molar-refractivity contribution is 6.38. The molecule has 0 aliphatic heterocycles. The number of Topliss-reactive ketones (excluding diaryl/α,β-unsaturated/α-hetero) is 1. The second-order valence-corrected chi connectivity index (χ2v) is 3.61. The summed E-state index contributed by atoms with van der Waals surface area (Å²) in [6.07, 6.45) is 0. The van der Waals surface area contributed by atoms with Crippen LogP contribution in [0.25, 0.3) is 0 Å². The fourth-order valence-electron chi connectivity index (χ4n) is 0.993. The Morgan fingerprint density at radius 3 is 2.21 bits per heavy atom. The lowest BCUT2D eigenvalue weighted by molar-refractivity contribution is 0.102. The highest BCUT2D eigenvalue weighted by atomic mass is 35.5. The molecule has 1 aromatic carbocycles. The Labute approximate surface area is 96.7 Å². The fourth-order valence-corrected chi connectivity index (χ4v) is 1.79. The molecule has 5 heteroatoms. The van der Waals surface area contributed by atoms with Crippen LogP contribution in [0.4, 0.5) is 0 Å². The molecule has 0 radical (unpaired) electrons. The van der Waals surface area contributed by atoms with Crippen LogP contribution in [0, 0.1) is 0 Å². The Balaban J connectivity index is 3.20. The minimum absolute atomic E-state index is 0.0982. The molecule has 76 valence electrons. The van der Waals surface area contributed by atoms with Gasteiger partial charge >= 0.3 is 0 Å². The number of ketones is 1. The van der Waals surface area contributed by atoms with Crippen LogP contribution in [0.1, 0.15) is 10.4 Å². The molecule has 1 rings (SSSR count). The number of ether oxygens (including phenoxy) is 1. The molecule has 0 aromatic heterocycles. The normalized spacial score (nSPS) is 10.0. The van der Waals surface area contributed by atoms with Crippen LogP contribution in [-0.4, -0.2) is 18.8 Å². The number of halogens is 3. The second-order valence-electron chi connectivity index (χ2n) is 2.53. The summed E-state index contributed by atoms with van der Waals surface area (Å²) in [6.45, 7) is 0. The van der Waals surface area contributed by atoms with E-state index >= 15 is 0 Å². The Kier molecular flexibility index (Phi) is 4.05. The molecule has 0 spiro atoms. The molecule has 0 atom stereocenters. The summed E-state index contributed by atoms with van der Waals surface area (Å²) in [5, 5.41) is 0.599. The summed E-state index contributed by atoms with van der Waals surface area (Å²) in [7, 11) is 1.45. The summed E-state index contributed by atoms with van der Waals surface area (Å²) in [4.78, 5) is 11.2. The number of carbonyl (C=O) groups is 1. The lowest BCUT2D eigenvalue weighted by Crippen LogP contribution is -2.00. The van der Waals surface area contributed by atoms with Crippen molar-refractivity contribution in [2.75, 3.05) is 13.0 Å². The first-order valence-corrected chi connectivity index (χ1v) is 5.01. The van der Waals surface area contributed by atoms with Crippen molar-refractivity contribution in [2.45, 2.75) is 0 Å². The molecule has 0 fully saturated rings. The van der Waals surface area contributed by atoms with Crippen LogP contribution in [-0.2, 0) is 0 Å². The van der Waals surface area contributed by atoms with E-state index in [1.54, 1.807) is 0 Å². The zero-order chi connectivity index (χ0) is 10.7. The second kappa shape index (κ2) is 4.87. The van der Waals surface area contributed by atoms with E-state index in [2.05, 4.69) is 0 Å². The number of hydrogen-bond acceptors (Lipinski definition) is 2. The predicted molar refractivity (Wildman–Crippen MR) is 58.1 cm³/mol. The Hall–Kier alpha value is -0.440. The van der Waals surface area contributed by atoms with Gasteiger partial charge in [-0.15, -0.1) is 11.6 Å². The van der Waals surface area contributed by atoms with E-state index in [-0.39, 0.29) is 11.7 Å². The van der Waals surface area contributed by atoms with Crippen molar-refractivity contribution in [2.24, 2.45) is 0 Å². The van der Waals surface area contributed by atoms with Crippen LogP contribution >= 0.6 is 34.8 Å². The lowest BCUT2D eigenvalue weighted by Gasteiger charge is -2.06. The molecule has 0 aliphatic rings. The van der Waals surface area contributed by atoms with Crippen LogP contribution in [0.15, 0.2) is 12.1 Å². The van der Waals surface area contributed by atoms with Gasteiger partial charge in [0.2, 0.25) is 0 Å². The van der Waals surface area contributed by atoms with Gasteiger partial charge in [-0.1, -0.05) is 23.2 Å². The monoisotopic (exact) mass is 252 g/mol. The molecule has 14 heavy (non-hydrogen) atoms. The zero-order valence-corrected chi connectivity index (χ0v) is 9.58. The van der Waals surface area contributed by atoms with Crippen molar-refractivity contribution in [3.8, 4) is 5.75 Å². The van der Waals surface area contributed by atoms with Gasteiger partial charge in [0.25, 0.3) is 0 Å². The topological polar surface area (TPSA) is 26.3 Å². The average Bonchev–Trinajstić information content (AvgIpc) is 2.16.